The van der Waals surface area contributed by atoms with E-state index in [4.69, 9.17) is 19.4 Å². The van der Waals surface area contributed by atoms with Crippen LogP contribution in [0.2, 0.25) is 0 Å². The fourth-order valence-electron chi connectivity index (χ4n) is 7.53. The van der Waals surface area contributed by atoms with Gasteiger partial charge in [-0.3, -0.25) is 0 Å². The molecule has 0 amide bonds. The number of hydrogen-bond donors (Lipinski definition) is 0. The number of fused-ring (bicyclic) bond motifs is 3. The van der Waals surface area contributed by atoms with E-state index < -0.39 is 0 Å². The minimum atomic E-state index is 0.584. The molecule has 0 aliphatic rings. The molecule has 0 aliphatic heterocycles. The highest BCUT2D eigenvalue weighted by Crippen LogP contribution is 2.41. The Hall–Kier alpha value is -7.43. The number of aryl methyl sites for hydroxylation is 1. The highest BCUT2D eigenvalue weighted by Gasteiger charge is 2.18. The van der Waals surface area contributed by atoms with Gasteiger partial charge in [0.05, 0.1) is 0 Å². The molecule has 0 aliphatic carbocycles. The van der Waals surface area contributed by atoms with Crippen LogP contribution in [0.1, 0.15) is 5.56 Å². The van der Waals surface area contributed by atoms with Crippen LogP contribution in [0.4, 0.5) is 0 Å². The maximum atomic E-state index is 6.75. The molecule has 2 aromatic heterocycles. The van der Waals surface area contributed by atoms with Gasteiger partial charge >= 0.3 is 0 Å². The summed E-state index contributed by atoms with van der Waals surface area (Å²) in [7, 11) is 0. The topological polar surface area (TPSA) is 51.8 Å². The molecular weight excluding hydrogens is 683 g/mol. The van der Waals surface area contributed by atoms with Crippen LogP contribution in [-0.2, 0) is 0 Å². The number of furan rings is 1. The van der Waals surface area contributed by atoms with E-state index in [2.05, 4.69) is 159 Å². The van der Waals surface area contributed by atoms with E-state index >= 15 is 0 Å². The highest BCUT2D eigenvalue weighted by molar-refractivity contribution is 6.14. The molecule has 0 unspecified atom stereocenters. The first-order valence-electron chi connectivity index (χ1n) is 18.8. The summed E-state index contributed by atoms with van der Waals surface area (Å²) < 4.78 is 6.75. The molecule has 10 aromatic rings. The van der Waals surface area contributed by atoms with Crippen molar-refractivity contribution in [3.05, 3.63) is 200 Å². The Kier molecular flexibility index (Phi) is 8.34. The molecule has 0 fully saturated rings. The highest BCUT2D eigenvalue weighted by atomic mass is 16.3. The minimum absolute atomic E-state index is 0.584. The van der Waals surface area contributed by atoms with Crippen LogP contribution in [0.15, 0.2) is 199 Å². The first kappa shape index (κ1) is 33.2. The van der Waals surface area contributed by atoms with E-state index in [0.29, 0.717) is 17.5 Å². The van der Waals surface area contributed by atoms with Crippen molar-refractivity contribution < 1.29 is 4.42 Å². The Labute approximate surface area is 325 Å². The largest absolute Gasteiger partial charge is 0.456 e. The molecule has 0 bridgehead atoms. The summed E-state index contributed by atoms with van der Waals surface area (Å²) in [5.74, 6) is 1.82. The number of aromatic nitrogens is 3. The SMILES string of the molecule is Cc1cccc(-c2ccc(-c3nc(-c4ccccc4)nc(-c4ccc5c(c4)oc4cc(-c6ccccc6)cc(-c6ccc(-c7ccccc7)cc6)c45)n3)cc2)c1. The summed E-state index contributed by atoms with van der Waals surface area (Å²) in [6, 6.07) is 67.6. The molecule has 10 rings (SSSR count). The standard InChI is InChI=1S/C52H35N3O/c1-34-12-11-19-42(30-34)38-22-26-41(27-23-38)51-53-50(40-17-9-4-10-18-40)54-52(55-51)43-28-29-45-47(32-43)56-48-33-44(36-15-7-3-8-16-36)31-46(49(45)48)39-24-20-37(21-25-39)35-13-5-2-6-14-35/h2-33H,1H3. The number of rotatable bonds is 7. The van der Waals surface area contributed by atoms with Crippen LogP contribution in [-0.4, -0.2) is 15.0 Å². The molecule has 0 saturated carbocycles. The van der Waals surface area contributed by atoms with Gasteiger partial charge in [-0.2, -0.15) is 0 Å². The maximum Gasteiger partial charge on any atom is 0.164 e. The van der Waals surface area contributed by atoms with Crippen molar-refractivity contribution in [3.8, 4) is 78.7 Å². The summed E-state index contributed by atoms with van der Waals surface area (Å²) in [5, 5.41) is 2.11. The first-order valence-corrected chi connectivity index (χ1v) is 18.8. The van der Waals surface area contributed by atoms with Crippen LogP contribution in [0.5, 0.6) is 0 Å². The van der Waals surface area contributed by atoms with Gasteiger partial charge in [-0.25, -0.2) is 15.0 Å². The van der Waals surface area contributed by atoms with Crippen molar-refractivity contribution in [2.75, 3.05) is 0 Å². The van der Waals surface area contributed by atoms with Crippen molar-refractivity contribution in [2.24, 2.45) is 0 Å². The lowest BCUT2D eigenvalue weighted by atomic mass is 9.93. The van der Waals surface area contributed by atoms with E-state index in [9.17, 15) is 0 Å². The Morgan fingerprint density at radius 2 is 0.768 bits per heavy atom. The Morgan fingerprint density at radius 3 is 1.39 bits per heavy atom. The predicted octanol–water partition coefficient (Wildman–Crippen LogP) is 13.7. The lowest BCUT2D eigenvalue weighted by molar-refractivity contribution is 0.669. The maximum absolute atomic E-state index is 6.75. The average molecular weight is 718 g/mol. The second-order valence-corrected chi connectivity index (χ2v) is 14.1. The third-order valence-electron chi connectivity index (χ3n) is 10.4. The normalized spacial score (nSPS) is 11.3. The van der Waals surface area contributed by atoms with Crippen molar-refractivity contribution in [3.63, 3.8) is 0 Å². The minimum Gasteiger partial charge on any atom is -0.456 e. The van der Waals surface area contributed by atoms with E-state index in [0.717, 1.165) is 66.4 Å². The Bertz CT molecular complexity index is 2990. The molecule has 0 saturated heterocycles. The zero-order valence-corrected chi connectivity index (χ0v) is 30.7. The fourth-order valence-corrected chi connectivity index (χ4v) is 7.53. The number of nitrogens with zero attached hydrogens (tertiary/aromatic N) is 3. The van der Waals surface area contributed by atoms with Crippen molar-refractivity contribution in [1.29, 1.82) is 0 Å². The van der Waals surface area contributed by atoms with E-state index in [1.807, 2.05) is 42.5 Å². The molecular formula is C52H35N3O. The molecule has 4 heteroatoms. The zero-order chi connectivity index (χ0) is 37.4. The van der Waals surface area contributed by atoms with Crippen LogP contribution < -0.4 is 0 Å². The molecule has 4 nitrogen and oxygen atoms in total. The van der Waals surface area contributed by atoms with Gasteiger partial charge in [0.1, 0.15) is 11.2 Å². The van der Waals surface area contributed by atoms with E-state index in [1.165, 1.54) is 22.3 Å². The zero-order valence-electron chi connectivity index (χ0n) is 30.7. The molecule has 8 aromatic carbocycles. The summed E-state index contributed by atoms with van der Waals surface area (Å²) in [5.41, 5.74) is 14.7. The average Bonchev–Trinajstić information content (AvgIpc) is 3.65. The number of hydrogen-bond acceptors (Lipinski definition) is 4. The van der Waals surface area contributed by atoms with Crippen LogP contribution in [0, 0.1) is 6.92 Å². The molecule has 2 heterocycles. The quantitative estimate of drug-likeness (QED) is 0.165. The third-order valence-corrected chi connectivity index (χ3v) is 10.4. The van der Waals surface area contributed by atoms with Gasteiger partial charge in [0.15, 0.2) is 17.5 Å². The summed E-state index contributed by atoms with van der Waals surface area (Å²) >= 11 is 0. The lowest BCUT2D eigenvalue weighted by Crippen LogP contribution is -2.00. The van der Waals surface area contributed by atoms with Crippen LogP contribution in [0.3, 0.4) is 0 Å². The van der Waals surface area contributed by atoms with Crippen LogP contribution >= 0.6 is 0 Å². The van der Waals surface area contributed by atoms with Gasteiger partial charge in [-0.05, 0) is 75.7 Å². The predicted molar refractivity (Wildman–Crippen MR) is 230 cm³/mol. The summed E-state index contributed by atoms with van der Waals surface area (Å²) in [4.78, 5) is 15.1. The second-order valence-electron chi connectivity index (χ2n) is 14.1. The molecule has 56 heavy (non-hydrogen) atoms. The van der Waals surface area contributed by atoms with E-state index in [-0.39, 0.29) is 0 Å². The fraction of sp³-hybridized carbons (Fsp3) is 0.0192. The molecule has 0 N–H and O–H groups in total. The monoisotopic (exact) mass is 717 g/mol. The van der Waals surface area contributed by atoms with Gasteiger partial charge in [0.2, 0.25) is 0 Å². The summed E-state index contributed by atoms with van der Waals surface area (Å²) in [6.07, 6.45) is 0. The smallest absolute Gasteiger partial charge is 0.164 e. The van der Waals surface area contributed by atoms with Crippen molar-refractivity contribution in [1.82, 2.24) is 15.0 Å². The lowest BCUT2D eigenvalue weighted by Gasteiger charge is -2.10. The van der Waals surface area contributed by atoms with Crippen molar-refractivity contribution in [2.45, 2.75) is 6.92 Å². The summed E-state index contributed by atoms with van der Waals surface area (Å²) in [6.45, 7) is 2.11. The van der Waals surface area contributed by atoms with Gasteiger partial charge in [-0.15, -0.1) is 0 Å². The van der Waals surface area contributed by atoms with Crippen molar-refractivity contribution >= 4 is 21.9 Å². The van der Waals surface area contributed by atoms with Gasteiger partial charge in [0.25, 0.3) is 0 Å². The molecule has 0 spiro atoms. The Balaban J connectivity index is 1.10. The third kappa shape index (κ3) is 6.33. The van der Waals surface area contributed by atoms with E-state index in [1.54, 1.807) is 0 Å². The van der Waals surface area contributed by atoms with Gasteiger partial charge in [0, 0.05) is 27.5 Å². The second kappa shape index (κ2) is 14.1. The molecule has 264 valence electrons. The van der Waals surface area contributed by atoms with Crippen LogP contribution in [0.25, 0.3) is 101 Å². The van der Waals surface area contributed by atoms with Gasteiger partial charge < -0.3 is 4.42 Å². The number of benzene rings is 8. The van der Waals surface area contributed by atoms with Gasteiger partial charge in [-0.1, -0.05) is 175 Å². The molecule has 0 atom stereocenters. The Morgan fingerprint density at radius 1 is 0.321 bits per heavy atom. The first-order chi connectivity index (χ1) is 27.6. The molecule has 0 radical (unpaired) electrons.